The first-order valence-electron chi connectivity index (χ1n) is 7.85. The maximum Gasteiger partial charge on any atom is 0.119 e. The third-order valence-corrected chi connectivity index (χ3v) is 4.22. The van der Waals surface area contributed by atoms with E-state index in [1.165, 1.54) is 16.7 Å². The summed E-state index contributed by atoms with van der Waals surface area (Å²) in [6, 6.07) is 8.24. The summed E-state index contributed by atoms with van der Waals surface area (Å²) >= 11 is 0. The number of methoxy groups -OCH3 is 1. The number of allylic oxidation sites excluding steroid dienone is 3. The van der Waals surface area contributed by atoms with Crippen molar-refractivity contribution in [1.29, 1.82) is 0 Å². The van der Waals surface area contributed by atoms with Gasteiger partial charge in [0.1, 0.15) is 5.75 Å². The second kappa shape index (κ2) is 8.04. The number of ether oxygens (including phenoxy) is 1. The summed E-state index contributed by atoms with van der Waals surface area (Å²) in [6.07, 6.45) is 10.4. The Kier molecular flexibility index (Phi) is 6.06. The Morgan fingerprint density at radius 1 is 1.24 bits per heavy atom. The number of rotatable bonds is 7. The first-order valence-corrected chi connectivity index (χ1v) is 7.85. The fraction of sp³-hybridized carbons (Fsp3) is 0.474. The number of aryl methyl sites for hydroxylation is 1. The molecule has 1 aromatic carbocycles. The number of aliphatic hydroxyl groups is 1. The molecule has 1 unspecified atom stereocenters. The maximum atomic E-state index is 9.87. The Balaban J connectivity index is 1.70. The zero-order valence-corrected chi connectivity index (χ0v) is 13.1. The Hall–Kier alpha value is -1.54. The van der Waals surface area contributed by atoms with Crippen molar-refractivity contribution < 1.29 is 9.84 Å². The minimum absolute atomic E-state index is 0.185. The molecule has 0 saturated heterocycles. The van der Waals surface area contributed by atoms with Crippen LogP contribution < -0.4 is 4.74 Å². The summed E-state index contributed by atoms with van der Waals surface area (Å²) in [5.41, 5.74) is 3.98. The standard InChI is InChI=1S/C19H26O2/c1-15-12-13-19(20)18(15)11-6-4-3-5-8-16-9-7-10-17(14-16)21-2/h3-4,7,9-10,14,19-20H,5-6,8,11-13H2,1-2H3/b4-3+. The van der Waals surface area contributed by atoms with Crippen molar-refractivity contribution in [2.45, 2.75) is 51.6 Å². The molecule has 0 amide bonds. The van der Waals surface area contributed by atoms with Gasteiger partial charge in [-0.25, -0.2) is 0 Å². The number of hydrogen-bond donors (Lipinski definition) is 1. The average molecular weight is 286 g/mol. The molecular formula is C19H26O2. The van der Waals surface area contributed by atoms with E-state index < -0.39 is 0 Å². The van der Waals surface area contributed by atoms with Crippen molar-refractivity contribution in [3.63, 3.8) is 0 Å². The van der Waals surface area contributed by atoms with Crippen LogP contribution in [0.5, 0.6) is 5.75 Å². The van der Waals surface area contributed by atoms with Gasteiger partial charge in [-0.05, 0) is 68.7 Å². The van der Waals surface area contributed by atoms with E-state index in [0.29, 0.717) is 0 Å². The minimum Gasteiger partial charge on any atom is -0.497 e. The molecule has 1 aliphatic carbocycles. The van der Waals surface area contributed by atoms with Gasteiger partial charge < -0.3 is 9.84 Å². The van der Waals surface area contributed by atoms with Gasteiger partial charge in [0.05, 0.1) is 13.2 Å². The summed E-state index contributed by atoms with van der Waals surface area (Å²) in [4.78, 5) is 0. The van der Waals surface area contributed by atoms with Gasteiger partial charge in [-0.15, -0.1) is 0 Å². The topological polar surface area (TPSA) is 29.5 Å². The number of aliphatic hydroxyl groups excluding tert-OH is 1. The molecule has 0 bridgehead atoms. The highest BCUT2D eigenvalue weighted by Gasteiger charge is 2.19. The maximum absolute atomic E-state index is 9.87. The second-order valence-electron chi connectivity index (χ2n) is 5.76. The van der Waals surface area contributed by atoms with Crippen molar-refractivity contribution in [1.82, 2.24) is 0 Å². The number of hydrogen-bond acceptors (Lipinski definition) is 2. The highest BCUT2D eigenvalue weighted by atomic mass is 16.5. The zero-order chi connectivity index (χ0) is 15.1. The molecule has 0 saturated carbocycles. The van der Waals surface area contributed by atoms with Crippen LogP contribution >= 0.6 is 0 Å². The second-order valence-corrected chi connectivity index (χ2v) is 5.76. The van der Waals surface area contributed by atoms with E-state index in [1.54, 1.807) is 7.11 Å². The number of benzene rings is 1. The predicted molar refractivity (Wildman–Crippen MR) is 87.6 cm³/mol. The summed E-state index contributed by atoms with van der Waals surface area (Å²) in [5, 5.41) is 9.87. The van der Waals surface area contributed by atoms with Gasteiger partial charge in [0.15, 0.2) is 0 Å². The predicted octanol–water partition coefficient (Wildman–Crippen LogP) is 4.44. The van der Waals surface area contributed by atoms with Crippen molar-refractivity contribution in [2.75, 3.05) is 7.11 Å². The smallest absolute Gasteiger partial charge is 0.119 e. The van der Waals surface area contributed by atoms with E-state index in [2.05, 4.69) is 31.2 Å². The third kappa shape index (κ3) is 4.75. The van der Waals surface area contributed by atoms with Crippen LogP contribution in [0, 0.1) is 0 Å². The van der Waals surface area contributed by atoms with Crippen LogP contribution in [0.4, 0.5) is 0 Å². The minimum atomic E-state index is -0.185. The van der Waals surface area contributed by atoms with Crippen molar-refractivity contribution in [3.05, 3.63) is 53.1 Å². The molecular weight excluding hydrogens is 260 g/mol. The van der Waals surface area contributed by atoms with Crippen LogP contribution in [-0.2, 0) is 6.42 Å². The highest BCUT2D eigenvalue weighted by molar-refractivity contribution is 5.28. The van der Waals surface area contributed by atoms with Crippen LogP contribution in [0.2, 0.25) is 0 Å². The molecule has 0 spiro atoms. The molecule has 114 valence electrons. The molecule has 2 nitrogen and oxygen atoms in total. The van der Waals surface area contributed by atoms with Gasteiger partial charge in [0.25, 0.3) is 0 Å². The lowest BCUT2D eigenvalue weighted by Crippen LogP contribution is -2.04. The molecule has 1 N–H and O–H groups in total. The first-order chi connectivity index (χ1) is 10.2. The van der Waals surface area contributed by atoms with E-state index in [0.717, 1.165) is 44.3 Å². The molecule has 0 fully saturated rings. The average Bonchev–Trinajstić information content (AvgIpc) is 2.82. The summed E-state index contributed by atoms with van der Waals surface area (Å²) in [7, 11) is 1.70. The summed E-state index contributed by atoms with van der Waals surface area (Å²) in [5.74, 6) is 0.925. The van der Waals surface area contributed by atoms with Crippen LogP contribution in [0.1, 0.15) is 44.6 Å². The fourth-order valence-corrected chi connectivity index (χ4v) is 2.90. The largest absolute Gasteiger partial charge is 0.497 e. The summed E-state index contributed by atoms with van der Waals surface area (Å²) < 4.78 is 5.23. The van der Waals surface area contributed by atoms with Gasteiger partial charge >= 0.3 is 0 Å². The monoisotopic (exact) mass is 286 g/mol. The lowest BCUT2D eigenvalue weighted by Gasteiger charge is -2.07. The van der Waals surface area contributed by atoms with E-state index in [9.17, 15) is 5.11 Å². The molecule has 0 heterocycles. The highest BCUT2D eigenvalue weighted by Crippen LogP contribution is 2.29. The third-order valence-electron chi connectivity index (χ3n) is 4.22. The molecule has 0 radical (unpaired) electrons. The van der Waals surface area contributed by atoms with Gasteiger partial charge in [0.2, 0.25) is 0 Å². The van der Waals surface area contributed by atoms with Crippen molar-refractivity contribution in [2.24, 2.45) is 0 Å². The normalized spacial score (nSPS) is 18.7. The Labute approximate surface area is 128 Å². The Morgan fingerprint density at radius 3 is 2.67 bits per heavy atom. The molecule has 1 aliphatic rings. The van der Waals surface area contributed by atoms with Crippen LogP contribution in [0.3, 0.4) is 0 Å². The van der Waals surface area contributed by atoms with E-state index in [1.807, 2.05) is 12.1 Å². The van der Waals surface area contributed by atoms with Crippen molar-refractivity contribution >= 4 is 0 Å². The molecule has 21 heavy (non-hydrogen) atoms. The molecule has 1 aromatic rings. The van der Waals surface area contributed by atoms with E-state index in [-0.39, 0.29) is 6.10 Å². The van der Waals surface area contributed by atoms with Gasteiger partial charge in [0, 0.05) is 0 Å². The molecule has 2 rings (SSSR count). The van der Waals surface area contributed by atoms with E-state index >= 15 is 0 Å². The SMILES string of the molecule is COc1cccc(CC/C=C/CCC2=C(C)CCC2O)c1. The van der Waals surface area contributed by atoms with E-state index in [4.69, 9.17) is 4.74 Å². The van der Waals surface area contributed by atoms with Crippen molar-refractivity contribution in [3.8, 4) is 5.75 Å². The molecule has 0 aromatic heterocycles. The molecule has 0 aliphatic heterocycles. The van der Waals surface area contributed by atoms with Gasteiger partial charge in [-0.1, -0.05) is 29.9 Å². The van der Waals surface area contributed by atoms with Gasteiger partial charge in [-0.2, -0.15) is 0 Å². The van der Waals surface area contributed by atoms with Crippen LogP contribution in [0.15, 0.2) is 47.6 Å². The quantitative estimate of drug-likeness (QED) is 0.751. The molecule has 1 atom stereocenters. The lowest BCUT2D eigenvalue weighted by atomic mass is 10.0. The fourth-order valence-electron chi connectivity index (χ4n) is 2.90. The Morgan fingerprint density at radius 2 is 2.00 bits per heavy atom. The van der Waals surface area contributed by atoms with Gasteiger partial charge in [-0.3, -0.25) is 0 Å². The molecule has 2 heteroatoms. The first kappa shape index (κ1) is 15.8. The van der Waals surface area contributed by atoms with Crippen LogP contribution in [-0.4, -0.2) is 18.3 Å². The zero-order valence-electron chi connectivity index (χ0n) is 13.1. The van der Waals surface area contributed by atoms with Crippen LogP contribution in [0.25, 0.3) is 0 Å². The Bertz CT molecular complexity index is 514. The lowest BCUT2D eigenvalue weighted by molar-refractivity contribution is 0.208. The summed E-state index contributed by atoms with van der Waals surface area (Å²) in [6.45, 7) is 2.15.